The number of unbranched alkanes of at least 4 members (excludes halogenated alkanes) is 1. The molecule has 0 aromatic heterocycles. The Balaban J connectivity index is 3.38. The zero-order valence-electron chi connectivity index (χ0n) is 8.91. The van der Waals surface area contributed by atoms with Gasteiger partial charge in [-0.2, -0.15) is 4.89 Å². The Morgan fingerprint density at radius 3 is 2.43 bits per heavy atom. The van der Waals surface area contributed by atoms with Crippen molar-refractivity contribution < 1.29 is 24.4 Å². The Kier molecular flexibility index (Phi) is 6.23. The van der Waals surface area contributed by atoms with Crippen LogP contribution in [-0.4, -0.2) is 30.1 Å². The van der Waals surface area contributed by atoms with Crippen molar-refractivity contribution in [1.82, 2.24) is 0 Å². The van der Waals surface area contributed by atoms with Crippen molar-refractivity contribution in [2.75, 3.05) is 13.2 Å². The summed E-state index contributed by atoms with van der Waals surface area (Å²) in [5.41, 5.74) is -0.538. The van der Waals surface area contributed by atoms with Crippen molar-refractivity contribution >= 4 is 6.16 Å². The Hall–Kier alpha value is -0.810. The first-order chi connectivity index (χ1) is 6.45. The average Bonchev–Trinajstić information content (AvgIpc) is 2.08. The summed E-state index contributed by atoms with van der Waals surface area (Å²) in [6, 6.07) is 0. The van der Waals surface area contributed by atoms with E-state index < -0.39 is 11.8 Å². The maximum absolute atomic E-state index is 10.8. The van der Waals surface area contributed by atoms with Gasteiger partial charge >= 0.3 is 6.16 Å². The van der Waals surface area contributed by atoms with Crippen molar-refractivity contribution in [2.45, 2.75) is 39.2 Å². The van der Waals surface area contributed by atoms with Crippen LogP contribution in [0.25, 0.3) is 0 Å². The third kappa shape index (κ3) is 9.28. The van der Waals surface area contributed by atoms with Crippen LogP contribution in [-0.2, 0) is 14.5 Å². The Labute approximate surface area is 83.9 Å². The van der Waals surface area contributed by atoms with Gasteiger partial charge in [-0.05, 0) is 33.6 Å². The normalized spacial score (nSPS) is 11.1. The fourth-order valence-electron chi connectivity index (χ4n) is 0.552. The molecule has 0 radical (unpaired) electrons. The lowest BCUT2D eigenvalue weighted by atomic mass is 10.2. The highest BCUT2D eigenvalue weighted by Crippen LogP contribution is 2.07. The van der Waals surface area contributed by atoms with E-state index in [0.29, 0.717) is 12.8 Å². The predicted molar refractivity (Wildman–Crippen MR) is 49.6 cm³/mol. The molecule has 0 atom stereocenters. The van der Waals surface area contributed by atoms with Gasteiger partial charge in [0.2, 0.25) is 0 Å². The summed E-state index contributed by atoms with van der Waals surface area (Å²) in [5, 5.41) is 8.45. The monoisotopic (exact) mass is 206 g/mol. The molecule has 84 valence electrons. The lowest BCUT2D eigenvalue weighted by Gasteiger charge is -2.16. The molecule has 0 heterocycles. The highest BCUT2D eigenvalue weighted by molar-refractivity contribution is 5.58. The van der Waals surface area contributed by atoms with Gasteiger partial charge in [0.25, 0.3) is 0 Å². The Morgan fingerprint density at radius 2 is 1.93 bits per heavy atom. The van der Waals surface area contributed by atoms with Crippen LogP contribution in [0.2, 0.25) is 0 Å². The summed E-state index contributed by atoms with van der Waals surface area (Å²) in [6.07, 6.45) is 0.368. The van der Waals surface area contributed by atoms with Crippen LogP contribution in [0, 0.1) is 0 Å². The van der Waals surface area contributed by atoms with Crippen molar-refractivity contribution in [3.63, 3.8) is 0 Å². The van der Waals surface area contributed by atoms with Crippen LogP contribution in [0.4, 0.5) is 4.79 Å². The van der Waals surface area contributed by atoms with Crippen LogP contribution >= 0.6 is 0 Å². The number of aliphatic hydroxyl groups is 1. The SMILES string of the molecule is CC(C)(C)OOC(=O)OCCCCO. The van der Waals surface area contributed by atoms with E-state index in [1.54, 1.807) is 20.8 Å². The van der Waals surface area contributed by atoms with E-state index in [0.717, 1.165) is 0 Å². The van der Waals surface area contributed by atoms with Gasteiger partial charge in [-0.3, -0.25) is 4.89 Å². The van der Waals surface area contributed by atoms with E-state index >= 15 is 0 Å². The topological polar surface area (TPSA) is 65.0 Å². The molecule has 14 heavy (non-hydrogen) atoms. The molecule has 0 amide bonds. The minimum atomic E-state index is -0.849. The van der Waals surface area contributed by atoms with E-state index in [4.69, 9.17) is 9.99 Å². The zero-order valence-corrected chi connectivity index (χ0v) is 8.91. The largest absolute Gasteiger partial charge is 0.540 e. The van der Waals surface area contributed by atoms with Crippen LogP contribution in [0.1, 0.15) is 33.6 Å². The summed E-state index contributed by atoms with van der Waals surface area (Å²) in [5.74, 6) is 0. The molecule has 0 saturated heterocycles. The van der Waals surface area contributed by atoms with Crippen molar-refractivity contribution in [1.29, 1.82) is 0 Å². The molecule has 1 N–H and O–H groups in total. The Bertz CT molecular complexity index is 161. The maximum atomic E-state index is 10.8. The fourth-order valence-corrected chi connectivity index (χ4v) is 0.552. The highest BCUT2D eigenvalue weighted by Gasteiger charge is 2.15. The molecule has 0 aromatic carbocycles. The summed E-state index contributed by atoms with van der Waals surface area (Å²) in [4.78, 5) is 19.9. The number of hydrogen-bond acceptors (Lipinski definition) is 5. The molecule has 0 aliphatic rings. The summed E-state index contributed by atoms with van der Waals surface area (Å²) in [7, 11) is 0. The molecule has 0 aliphatic carbocycles. The molecule has 0 fully saturated rings. The molecule has 0 spiro atoms. The van der Waals surface area contributed by atoms with Gasteiger partial charge in [-0.15, -0.1) is 0 Å². The molecular formula is C9H18O5. The quantitative estimate of drug-likeness (QED) is 0.320. The molecule has 0 saturated carbocycles. The van der Waals surface area contributed by atoms with Crippen molar-refractivity contribution in [3.8, 4) is 0 Å². The smallest absolute Gasteiger partial charge is 0.432 e. The molecule has 0 aromatic rings. The summed E-state index contributed by atoms with van der Waals surface area (Å²) < 4.78 is 4.64. The van der Waals surface area contributed by atoms with Crippen LogP contribution in [0.15, 0.2) is 0 Å². The van der Waals surface area contributed by atoms with E-state index in [9.17, 15) is 4.79 Å². The maximum Gasteiger partial charge on any atom is 0.540 e. The van der Waals surface area contributed by atoms with Crippen LogP contribution < -0.4 is 0 Å². The predicted octanol–water partition coefficient (Wildman–Crippen LogP) is 1.64. The summed E-state index contributed by atoms with van der Waals surface area (Å²) in [6.45, 7) is 5.59. The van der Waals surface area contributed by atoms with Crippen molar-refractivity contribution in [2.24, 2.45) is 0 Å². The number of carbonyl (C=O) groups excluding carboxylic acids is 1. The van der Waals surface area contributed by atoms with Crippen LogP contribution in [0.3, 0.4) is 0 Å². The third-order valence-corrected chi connectivity index (χ3v) is 1.13. The molecule has 0 bridgehead atoms. The third-order valence-electron chi connectivity index (χ3n) is 1.13. The van der Waals surface area contributed by atoms with Gasteiger partial charge in [0.15, 0.2) is 0 Å². The van der Waals surface area contributed by atoms with E-state index in [2.05, 4.69) is 9.62 Å². The van der Waals surface area contributed by atoms with Gasteiger partial charge in [0.1, 0.15) is 5.60 Å². The van der Waals surface area contributed by atoms with E-state index in [1.807, 2.05) is 0 Å². The standard InChI is InChI=1S/C9H18O5/c1-9(2,3)14-13-8(11)12-7-5-4-6-10/h10H,4-7H2,1-3H3. The number of ether oxygens (including phenoxy) is 1. The van der Waals surface area contributed by atoms with Gasteiger partial charge in [0.05, 0.1) is 6.61 Å². The second-order valence-electron chi connectivity index (χ2n) is 3.81. The minimum Gasteiger partial charge on any atom is -0.432 e. The molecule has 0 unspecified atom stereocenters. The lowest BCUT2D eigenvalue weighted by Crippen LogP contribution is -2.22. The second kappa shape index (κ2) is 6.62. The van der Waals surface area contributed by atoms with Crippen molar-refractivity contribution in [3.05, 3.63) is 0 Å². The van der Waals surface area contributed by atoms with E-state index in [-0.39, 0.29) is 13.2 Å². The molecular weight excluding hydrogens is 188 g/mol. The first kappa shape index (κ1) is 13.2. The minimum absolute atomic E-state index is 0.0941. The molecule has 5 nitrogen and oxygen atoms in total. The average molecular weight is 206 g/mol. The number of carbonyl (C=O) groups is 1. The van der Waals surface area contributed by atoms with Gasteiger partial charge in [-0.25, -0.2) is 4.79 Å². The number of rotatable bonds is 5. The number of hydrogen-bond donors (Lipinski definition) is 1. The zero-order chi connectivity index (χ0) is 11.0. The number of aliphatic hydroxyl groups excluding tert-OH is 1. The van der Waals surface area contributed by atoms with E-state index in [1.165, 1.54) is 0 Å². The van der Waals surface area contributed by atoms with Gasteiger partial charge in [-0.1, -0.05) is 0 Å². The highest BCUT2D eigenvalue weighted by atomic mass is 17.2. The first-order valence-electron chi connectivity index (χ1n) is 4.59. The molecule has 5 heteroatoms. The second-order valence-corrected chi connectivity index (χ2v) is 3.81. The molecule has 0 aliphatic heterocycles. The fraction of sp³-hybridized carbons (Fsp3) is 0.889. The summed E-state index contributed by atoms with van der Waals surface area (Å²) >= 11 is 0. The lowest BCUT2D eigenvalue weighted by molar-refractivity contribution is -0.312. The van der Waals surface area contributed by atoms with Gasteiger partial charge < -0.3 is 9.84 Å². The molecule has 0 rings (SSSR count). The van der Waals surface area contributed by atoms with Gasteiger partial charge in [0, 0.05) is 6.61 Å². The van der Waals surface area contributed by atoms with Crippen LogP contribution in [0.5, 0.6) is 0 Å². The first-order valence-corrected chi connectivity index (χ1v) is 4.59. The Morgan fingerprint density at radius 1 is 1.29 bits per heavy atom.